The van der Waals surface area contributed by atoms with Crippen molar-refractivity contribution in [3.8, 4) is 11.6 Å². The lowest BCUT2D eigenvalue weighted by Gasteiger charge is -2.23. The van der Waals surface area contributed by atoms with Gasteiger partial charge in [0.1, 0.15) is 5.75 Å². The molecule has 9 heteroatoms. The predicted octanol–water partition coefficient (Wildman–Crippen LogP) is 5.49. The zero-order valence-corrected chi connectivity index (χ0v) is 22.2. The normalized spacial score (nSPS) is 14.0. The van der Waals surface area contributed by atoms with E-state index in [1.165, 1.54) is 37.7 Å². The van der Waals surface area contributed by atoms with Crippen molar-refractivity contribution in [2.75, 3.05) is 18.9 Å². The molecule has 38 heavy (non-hydrogen) atoms. The minimum Gasteiger partial charge on any atom is -0.493 e. The SMILES string of the molecule is Nc1nccc(OCCCOc2ccc3nc(SCc4ccccc4)n(CC4CCCCC4)c(=O)c3c2)n1. The highest BCUT2D eigenvalue weighted by atomic mass is 32.2. The van der Waals surface area contributed by atoms with Crippen LogP contribution in [0, 0.1) is 5.92 Å². The van der Waals surface area contributed by atoms with Gasteiger partial charge in [-0.3, -0.25) is 9.36 Å². The fourth-order valence-corrected chi connectivity index (χ4v) is 5.72. The zero-order chi connectivity index (χ0) is 26.2. The van der Waals surface area contributed by atoms with Gasteiger partial charge in [0.05, 0.1) is 24.1 Å². The summed E-state index contributed by atoms with van der Waals surface area (Å²) >= 11 is 1.63. The number of nitrogens with zero attached hydrogens (tertiary/aromatic N) is 4. The van der Waals surface area contributed by atoms with Crippen molar-refractivity contribution < 1.29 is 9.47 Å². The molecule has 0 saturated heterocycles. The molecule has 4 aromatic rings. The third kappa shape index (κ3) is 6.83. The molecule has 0 unspecified atom stereocenters. The molecule has 0 radical (unpaired) electrons. The summed E-state index contributed by atoms with van der Waals surface area (Å²) in [4.78, 5) is 26.6. The average Bonchev–Trinajstić information content (AvgIpc) is 2.95. The van der Waals surface area contributed by atoms with E-state index in [0.29, 0.717) is 48.1 Å². The summed E-state index contributed by atoms with van der Waals surface area (Å²) in [5.74, 6) is 2.56. The molecule has 5 rings (SSSR count). The van der Waals surface area contributed by atoms with E-state index >= 15 is 0 Å². The first-order valence-electron chi connectivity index (χ1n) is 13.2. The fraction of sp³-hybridized carbons (Fsp3) is 0.379. The van der Waals surface area contributed by atoms with Gasteiger partial charge >= 0.3 is 0 Å². The average molecular weight is 532 g/mol. The molecule has 0 spiro atoms. The standard InChI is InChI=1S/C29H33N5O3S/c30-28-31-15-14-26(33-28)37-17-7-16-36-23-12-13-25-24(18-23)27(35)34(19-21-8-3-1-4-9-21)29(32-25)38-20-22-10-5-2-6-11-22/h2,5-6,10-15,18,21H,1,3-4,7-9,16-17,19-20H2,(H2,30,31,33). The quantitative estimate of drug-likeness (QED) is 0.154. The number of thioether (sulfide) groups is 1. The number of nitrogens with two attached hydrogens (primary N) is 1. The summed E-state index contributed by atoms with van der Waals surface area (Å²) in [6, 6.07) is 17.5. The molecule has 0 bridgehead atoms. The summed E-state index contributed by atoms with van der Waals surface area (Å²) in [5, 5.41) is 1.38. The summed E-state index contributed by atoms with van der Waals surface area (Å²) in [6.07, 6.45) is 8.31. The summed E-state index contributed by atoms with van der Waals surface area (Å²) in [6.45, 7) is 1.59. The number of aromatic nitrogens is 4. The second-order valence-electron chi connectivity index (χ2n) is 9.57. The number of hydrogen-bond donors (Lipinski definition) is 1. The maximum atomic E-state index is 13.8. The van der Waals surface area contributed by atoms with Gasteiger partial charge in [-0.25, -0.2) is 9.97 Å². The Morgan fingerprint density at radius 3 is 2.61 bits per heavy atom. The Hall–Kier alpha value is -3.59. The van der Waals surface area contributed by atoms with E-state index in [2.05, 4.69) is 22.1 Å². The molecule has 2 heterocycles. The number of rotatable bonds is 11. The van der Waals surface area contributed by atoms with Crippen LogP contribution >= 0.6 is 11.8 Å². The van der Waals surface area contributed by atoms with E-state index in [1.807, 2.05) is 41.0 Å². The molecule has 2 aromatic carbocycles. The van der Waals surface area contributed by atoms with Gasteiger partial charge in [-0.2, -0.15) is 4.98 Å². The van der Waals surface area contributed by atoms with Crippen LogP contribution in [0.25, 0.3) is 10.9 Å². The molecule has 2 N–H and O–H groups in total. The molecule has 0 amide bonds. The number of benzene rings is 2. The van der Waals surface area contributed by atoms with Crippen molar-refractivity contribution in [2.24, 2.45) is 5.92 Å². The predicted molar refractivity (Wildman–Crippen MR) is 151 cm³/mol. The first kappa shape index (κ1) is 26.0. The van der Waals surface area contributed by atoms with Crippen molar-refractivity contribution in [3.05, 3.63) is 76.7 Å². The van der Waals surface area contributed by atoms with Crippen LogP contribution in [0.3, 0.4) is 0 Å². The Balaban J connectivity index is 1.30. The Kier molecular flexibility index (Phi) is 8.75. The maximum absolute atomic E-state index is 13.8. The van der Waals surface area contributed by atoms with Crippen LogP contribution in [0.15, 0.2) is 70.7 Å². The molecule has 1 aliphatic carbocycles. The number of hydrogen-bond acceptors (Lipinski definition) is 8. The third-order valence-electron chi connectivity index (χ3n) is 6.72. The minimum atomic E-state index is 0.00580. The van der Waals surface area contributed by atoms with Crippen LogP contribution in [0.4, 0.5) is 5.95 Å². The van der Waals surface area contributed by atoms with Gasteiger partial charge in [0.15, 0.2) is 5.16 Å². The van der Waals surface area contributed by atoms with Crippen molar-refractivity contribution in [1.82, 2.24) is 19.5 Å². The smallest absolute Gasteiger partial charge is 0.262 e. The molecule has 1 aliphatic rings. The molecule has 2 aromatic heterocycles. The fourth-order valence-electron chi connectivity index (χ4n) is 4.75. The Morgan fingerprint density at radius 1 is 0.974 bits per heavy atom. The molecular formula is C29H33N5O3S. The minimum absolute atomic E-state index is 0.00580. The molecule has 198 valence electrons. The largest absolute Gasteiger partial charge is 0.493 e. The number of ether oxygens (including phenoxy) is 2. The molecular weight excluding hydrogens is 498 g/mol. The molecule has 1 fully saturated rings. The first-order chi connectivity index (χ1) is 18.7. The second kappa shape index (κ2) is 12.8. The van der Waals surface area contributed by atoms with Gasteiger partial charge < -0.3 is 15.2 Å². The Bertz CT molecular complexity index is 1410. The van der Waals surface area contributed by atoms with E-state index in [4.69, 9.17) is 20.2 Å². The van der Waals surface area contributed by atoms with Crippen LogP contribution in [-0.4, -0.2) is 32.7 Å². The topological polar surface area (TPSA) is 105 Å². The van der Waals surface area contributed by atoms with Gasteiger partial charge in [0.25, 0.3) is 5.56 Å². The lowest BCUT2D eigenvalue weighted by Crippen LogP contribution is -2.27. The molecule has 1 saturated carbocycles. The van der Waals surface area contributed by atoms with Crippen molar-refractivity contribution in [2.45, 2.75) is 56.0 Å². The van der Waals surface area contributed by atoms with Gasteiger partial charge in [-0.1, -0.05) is 61.4 Å². The van der Waals surface area contributed by atoms with Gasteiger partial charge in [-0.15, -0.1) is 0 Å². The summed E-state index contributed by atoms with van der Waals surface area (Å²) < 4.78 is 13.4. The van der Waals surface area contributed by atoms with Crippen LogP contribution in [0.5, 0.6) is 11.6 Å². The van der Waals surface area contributed by atoms with Crippen LogP contribution < -0.4 is 20.8 Å². The lowest BCUT2D eigenvalue weighted by molar-refractivity contribution is 0.242. The number of fused-ring (bicyclic) bond motifs is 1. The van der Waals surface area contributed by atoms with Crippen molar-refractivity contribution in [1.29, 1.82) is 0 Å². The zero-order valence-electron chi connectivity index (χ0n) is 21.4. The van der Waals surface area contributed by atoms with Crippen LogP contribution in [0.2, 0.25) is 0 Å². The monoisotopic (exact) mass is 531 g/mol. The first-order valence-corrected chi connectivity index (χ1v) is 14.2. The van der Waals surface area contributed by atoms with Crippen LogP contribution in [-0.2, 0) is 12.3 Å². The highest BCUT2D eigenvalue weighted by Gasteiger charge is 2.19. The number of anilines is 1. The van der Waals surface area contributed by atoms with E-state index in [9.17, 15) is 4.79 Å². The molecule has 8 nitrogen and oxygen atoms in total. The molecule has 0 atom stereocenters. The van der Waals surface area contributed by atoms with Crippen LogP contribution in [0.1, 0.15) is 44.1 Å². The third-order valence-corrected chi connectivity index (χ3v) is 7.77. The highest BCUT2D eigenvalue weighted by Crippen LogP contribution is 2.28. The van der Waals surface area contributed by atoms with E-state index in [-0.39, 0.29) is 11.5 Å². The summed E-state index contributed by atoms with van der Waals surface area (Å²) in [7, 11) is 0. The lowest BCUT2D eigenvalue weighted by atomic mass is 9.89. The summed E-state index contributed by atoms with van der Waals surface area (Å²) in [5.41, 5.74) is 7.50. The Morgan fingerprint density at radius 2 is 1.79 bits per heavy atom. The van der Waals surface area contributed by atoms with E-state index in [1.54, 1.807) is 24.0 Å². The van der Waals surface area contributed by atoms with E-state index < -0.39 is 0 Å². The number of nitrogen functional groups attached to an aromatic ring is 1. The van der Waals surface area contributed by atoms with Crippen molar-refractivity contribution in [3.63, 3.8) is 0 Å². The maximum Gasteiger partial charge on any atom is 0.262 e. The highest BCUT2D eigenvalue weighted by molar-refractivity contribution is 7.98. The van der Waals surface area contributed by atoms with Crippen molar-refractivity contribution >= 4 is 28.6 Å². The van der Waals surface area contributed by atoms with Gasteiger partial charge in [0, 0.05) is 31.0 Å². The van der Waals surface area contributed by atoms with Gasteiger partial charge in [0.2, 0.25) is 11.8 Å². The second-order valence-corrected chi connectivity index (χ2v) is 10.5. The van der Waals surface area contributed by atoms with E-state index in [0.717, 1.165) is 17.5 Å². The molecule has 0 aliphatic heterocycles. The Labute approximate surface area is 226 Å². The van der Waals surface area contributed by atoms with Gasteiger partial charge in [-0.05, 0) is 42.5 Å².